The number of aromatic hydroxyl groups is 1. The van der Waals surface area contributed by atoms with Crippen molar-refractivity contribution in [3.63, 3.8) is 0 Å². The summed E-state index contributed by atoms with van der Waals surface area (Å²) in [4.78, 5) is 18.3. The van der Waals surface area contributed by atoms with Gasteiger partial charge in [-0.1, -0.05) is 0 Å². The molecule has 80 valence electrons. The minimum absolute atomic E-state index is 0.116. The minimum atomic E-state index is -0.116. The van der Waals surface area contributed by atoms with Crippen molar-refractivity contribution in [3.8, 4) is 5.75 Å². The summed E-state index contributed by atoms with van der Waals surface area (Å²) in [5, 5.41) is 9.08. The summed E-state index contributed by atoms with van der Waals surface area (Å²) in [6, 6.07) is 6.12. The molecule has 0 unspecified atom stereocenters. The first kappa shape index (κ1) is 10.2. The van der Waals surface area contributed by atoms with Crippen LogP contribution in [0.4, 0.5) is 0 Å². The molecule has 0 atom stereocenters. The first-order valence-corrected chi connectivity index (χ1v) is 4.75. The van der Waals surface area contributed by atoms with E-state index >= 15 is 0 Å². The lowest BCUT2D eigenvalue weighted by Crippen LogP contribution is -1.92. The number of imidazole rings is 1. The van der Waals surface area contributed by atoms with Crippen molar-refractivity contribution in [3.05, 3.63) is 54.1 Å². The van der Waals surface area contributed by atoms with Crippen LogP contribution in [0.3, 0.4) is 0 Å². The van der Waals surface area contributed by atoms with Gasteiger partial charge in [0, 0.05) is 5.56 Å². The number of carbonyl (C=O) groups is 1. The molecule has 2 N–H and O–H groups in total. The number of aromatic amines is 1. The number of nitrogens with one attached hydrogen (secondary N) is 1. The van der Waals surface area contributed by atoms with E-state index in [4.69, 9.17) is 5.11 Å². The fraction of sp³-hybridized carbons (Fsp3) is 0. The van der Waals surface area contributed by atoms with E-state index in [2.05, 4.69) is 9.97 Å². The molecule has 0 saturated heterocycles. The van der Waals surface area contributed by atoms with Crippen LogP contribution in [0.15, 0.2) is 42.9 Å². The predicted octanol–water partition coefficient (Wildman–Crippen LogP) is 2.01. The van der Waals surface area contributed by atoms with E-state index in [9.17, 15) is 4.79 Å². The van der Waals surface area contributed by atoms with Gasteiger partial charge in [-0.25, -0.2) is 4.98 Å². The quantitative estimate of drug-likeness (QED) is 0.606. The summed E-state index contributed by atoms with van der Waals surface area (Å²) in [6.07, 6.45) is 6.29. The molecule has 0 aliphatic rings. The summed E-state index contributed by atoms with van der Waals surface area (Å²) in [5.74, 6) is 0.0312. The standard InChI is InChI=1S/C12H10N2O2/c15-11-4-1-9(2-5-11)12(16)6-3-10-7-13-8-14-10/h1-8,15H,(H,13,14)/b6-3+. The number of phenols is 1. The second kappa shape index (κ2) is 4.44. The number of aromatic nitrogens is 2. The molecule has 1 aromatic carbocycles. The van der Waals surface area contributed by atoms with E-state index in [1.54, 1.807) is 30.7 Å². The Bertz CT molecular complexity index is 498. The van der Waals surface area contributed by atoms with E-state index in [1.807, 2.05) is 0 Å². The van der Waals surface area contributed by atoms with Crippen LogP contribution >= 0.6 is 0 Å². The minimum Gasteiger partial charge on any atom is -0.508 e. The largest absolute Gasteiger partial charge is 0.508 e. The monoisotopic (exact) mass is 214 g/mol. The van der Waals surface area contributed by atoms with Gasteiger partial charge in [-0.3, -0.25) is 4.79 Å². The number of phenolic OH excluding ortho intramolecular Hbond substituents is 1. The van der Waals surface area contributed by atoms with E-state index in [0.717, 1.165) is 5.69 Å². The molecule has 0 fully saturated rings. The highest BCUT2D eigenvalue weighted by Gasteiger charge is 2.00. The molecule has 1 aromatic heterocycles. The topological polar surface area (TPSA) is 66.0 Å². The zero-order chi connectivity index (χ0) is 11.4. The van der Waals surface area contributed by atoms with Crippen LogP contribution in [0.25, 0.3) is 6.08 Å². The average molecular weight is 214 g/mol. The number of rotatable bonds is 3. The number of H-pyrrole nitrogens is 1. The van der Waals surface area contributed by atoms with Gasteiger partial charge < -0.3 is 10.1 Å². The second-order valence-corrected chi connectivity index (χ2v) is 3.25. The third kappa shape index (κ3) is 2.36. The van der Waals surface area contributed by atoms with Gasteiger partial charge >= 0.3 is 0 Å². The Morgan fingerprint density at radius 3 is 2.69 bits per heavy atom. The first-order valence-electron chi connectivity index (χ1n) is 4.75. The van der Waals surface area contributed by atoms with Crippen LogP contribution in [-0.4, -0.2) is 20.9 Å². The van der Waals surface area contributed by atoms with Gasteiger partial charge in [0.15, 0.2) is 5.78 Å². The third-order valence-corrected chi connectivity index (χ3v) is 2.09. The smallest absolute Gasteiger partial charge is 0.185 e. The number of nitrogens with zero attached hydrogens (tertiary/aromatic N) is 1. The van der Waals surface area contributed by atoms with Gasteiger partial charge in [-0.05, 0) is 36.4 Å². The van der Waals surface area contributed by atoms with E-state index in [0.29, 0.717) is 5.56 Å². The Labute approximate surface area is 92.3 Å². The average Bonchev–Trinajstić information content (AvgIpc) is 2.80. The predicted molar refractivity (Wildman–Crippen MR) is 60.1 cm³/mol. The highest BCUT2D eigenvalue weighted by molar-refractivity contribution is 6.06. The Balaban J connectivity index is 2.11. The number of benzene rings is 1. The second-order valence-electron chi connectivity index (χ2n) is 3.25. The SMILES string of the molecule is O=C(/C=C/c1cnc[nH]1)c1ccc(O)cc1. The molecule has 16 heavy (non-hydrogen) atoms. The summed E-state index contributed by atoms with van der Waals surface area (Å²) in [5.41, 5.74) is 1.31. The first-order chi connectivity index (χ1) is 7.75. The Morgan fingerprint density at radius 1 is 1.31 bits per heavy atom. The van der Waals surface area contributed by atoms with Crippen LogP contribution in [0, 0.1) is 0 Å². The zero-order valence-corrected chi connectivity index (χ0v) is 8.42. The Morgan fingerprint density at radius 2 is 2.06 bits per heavy atom. The van der Waals surface area contributed by atoms with Gasteiger partial charge in [0.25, 0.3) is 0 Å². The maximum absolute atomic E-state index is 11.6. The van der Waals surface area contributed by atoms with Gasteiger partial charge in [-0.15, -0.1) is 0 Å². The zero-order valence-electron chi connectivity index (χ0n) is 8.42. The van der Waals surface area contributed by atoms with Gasteiger partial charge in [0.05, 0.1) is 18.2 Å². The molecule has 1 heterocycles. The van der Waals surface area contributed by atoms with Crippen LogP contribution in [0.2, 0.25) is 0 Å². The lowest BCUT2D eigenvalue weighted by molar-refractivity contribution is 0.104. The maximum atomic E-state index is 11.6. The molecule has 4 heteroatoms. The van der Waals surface area contributed by atoms with Crippen LogP contribution in [0.5, 0.6) is 5.75 Å². The van der Waals surface area contributed by atoms with Gasteiger partial charge in [0.1, 0.15) is 5.75 Å². The number of carbonyl (C=O) groups excluding carboxylic acids is 1. The Hall–Kier alpha value is -2.36. The molecular formula is C12H10N2O2. The summed E-state index contributed by atoms with van der Waals surface area (Å²) in [6.45, 7) is 0. The molecule has 0 radical (unpaired) electrons. The Kier molecular flexibility index (Phi) is 2.82. The van der Waals surface area contributed by atoms with Crippen molar-refractivity contribution in [1.29, 1.82) is 0 Å². The van der Waals surface area contributed by atoms with Crippen molar-refractivity contribution < 1.29 is 9.90 Å². The van der Waals surface area contributed by atoms with Crippen molar-refractivity contribution >= 4 is 11.9 Å². The molecule has 0 bridgehead atoms. The van der Waals surface area contributed by atoms with Crippen LogP contribution in [-0.2, 0) is 0 Å². The molecular weight excluding hydrogens is 204 g/mol. The van der Waals surface area contributed by atoms with E-state index < -0.39 is 0 Å². The molecule has 0 saturated carbocycles. The lowest BCUT2D eigenvalue weighted by atomic mass is 10.1. The molecule has 0 aliphatic heterocycles. The van der Waals surface area contributed by atoms with Crippen LogP contribution in [0.1, 0.15) is 16.1 Å². The van der Waals surface area contributed by atoms with Crippen molar-refractivity contribution in [2.75, 3.05) is 0 Å². The van der Waals surface area contributed by atoms with Crippen molar-refractivity contribution in [1.82, 2.24) is 9.97 Å². The third-order valence-electron chi connectivity index (χ3n) is 2.09. The molecule has 4 nitrogen and oxygen atoms in total. The molecule has 0 aliphatic carbocycles. The van der Waals surface area contributed by atoms with Gasteiger partial charge in [0.2, 0.25) is 0 Å². The number of allylic oxidation sites excluding steroid dienone is 1. The summed E-state index contributed by atoms with van der Waals surface area (Å²) >= 11 is 0. The highest BCUT2D eigenvalue weighted by Crippen LogP contribution is 2.10. The summed E-state index contributed by atoms with van der Waals surface area (Å²) in [7, 11) is 0. The molecule has 0 amide bonds. The fourth-order valence-corrected chi connectivity index (χ4v) is 1.25. The molecule has 2 rings (SSSR count). The molecule has 0 spiro atoms. The number of ketones is 1. The van der Waals surface area contributed by atoms with E-state index in [-0.39, 0.29) is 11.5 Å². The lowest BCUT2D eigenvalue weighted by Gasteiger charge is -1.95. The van der Waals surface area contributed by atoms with Crippen LogP contribution < -0.4 is 0 Å². The van der Waals surface area contributed by atoms with E-state index in [1.165, 1.54) is 18.2 Å². The summed E-state index contributed by atoms with van der Waals surface area (Å²) < 4.78 is 0. The van der Waals surface area contributed by atoms with Gasteiger partial charge in [-0.2, -0.15) is 0 Å². The maximum Gasteiger partial charge on any atom is 0.185 e. The highest BCUT2D eigenvalue weighted by atomic mass is 16.3. The molecule has 2 aromatic rings. The number of hydrogen-bond acceptors (Lipinski definition) is 3. The number of hydrogen-bond donors (Lipinski definition) is 2. The fourth-order valence-electron chi connectivity index (χ4n) is 1.25. The van der Waals surface area contributed by atoms with Crippen molar-refractivity contribution in [2.24, 2.45) is 0 Å². The normalized spacial score (nSPS) is 10.8. The van der Waals surface area contributed by atoms with Crippen molar-refractivity contribution in [2.45, 2.75) is 0 Å².